The number of nitrogens with zero attached hydrogens (tertiary/aromatic N) is 5. The number of aromatic nitrogens is 5. The number of hydrogen-bond donors (Lipinski definition) is 1. The summed E-state index contributed by atoms with van der Waals surface area (Å²) >= 11 is 3.02. The highest BCUT2D eigenvalue weighted by Gasteiger charge is 2.14. The molecule has 3 aromatic heterocycles. The SMILES string of the molecule is Cc1nc(-c2ccccn2)nc(Sc2nnc(NCc3ccccc3)s2)c1C. The number of hydrogen-bond acceptors (Lipinski definition) is 8. The van der Waals surface area contributed by atoms with E-state index in [9.17, 15) is 0 Å². The highest BCUT2D eigenvalue weighted by atomic mass is 32.2. The first-order valence-corrected chi connectivity index (χ1v) is 10.4. The lowest BCUT2D eigenvalue weighted by Gasteiger charge is -2.08. The van der Waals surface area contributed by atoms with Gasteiger partial charge in [-0.15, -0.1) is 10.2 Å². The molecule has 8 heteroatoms. The maximum Gasteiger partial charge on any atom is 0.206 e. The molecule has 0 spiro atoms. The summed E-state index contributed by atoms with van der Waals surface area (Å²) in [4.78, 5) is 13.6. The van der Waals surface area contributed by atoms with Crippen molar-refractivity contribution in [2.24, 2.45) is 0 Å². The van der Waals surface area contributed by atoms with Gasteiger partial charge in [-0.1, -0.05) is 47.7 Å². The van der Waals surface area contributed by atoms with Crippen LogP contribution in [0, 0.1) is 13.8 Å². The fraction of sp³-hybridized carbons (Fsp3) is 0.150. The van der Waals surface area contributed by atoms with Gasteiger partial charge in [0, 0.05) is 24.0 Å². The van der Waals surface area contributed by atoms with E-state index < -0.39 is 0 Å². The van der Waals surface area contributed by atoms with Crippen molar-refractivity contribution >= 4 is 28.2 Å². The van der Waals surface area contributed by atoms with Gasteiger partial charge < -0.3 is 5.32 Å². The van der Waals surface area contributed by atoms with Gasteiger partial charge in [0.1, 0.15) is 10.7 Å². The van der Waals surface area contributed by atoms with E-state index in [-0.39, 0.29) is 0 Å². The van der Waals surface area contributed by atoms with Crippen molar-refractivity contribution < 1.29 is 0 Å². The normalized spacial score (nSPS) is 10.8. The minimum atomic E-state index is 0.623. The van der Waals surface area contributed by atoms with Gasteiger partial charge in [0.05, 0.1) is 0 Å². The van der Waals surface area contributed by atoms with Gasteiger partial charge in [-0.25, -0.2) is 9.97 Å². The Hall–Kier alpha value is -2.84. The molecule has 28 heavy (non-hydrogen) atoms. The lowest BCUT2D eigenvalue weighted by Crippen LogP contribution is -1.99. The molecule has 1 N–H and O–H groups in total. The Morgan fingerprint density at radius 2 is 1.79 bits per heavy atom. The van der Waals surface area contributed by atoms with Crippen molar-refractivity contribution in [3.8, 4) is 11.5 Å². The zero-order chi connectivity index (χ0) is 19.3. The van der Waals surface area contributed by atoms with E-state index in [1.165, 1.54) is 28.7 Å². The molecular weight excluding hydrogens is 388 g/mol. The van der Waals surface area contributed by atoms with Crippen LogP contribution in [0.4, 0.5) is 5.13 Å². The maximum atomic E-state index is 4.71. The molecule has 140 valence electrons. The van der Waals surface area contributed by atoms with Crippen LogP contribution in [-0.4, -0.2) is 25.1 Å². The molecule has 0 unspecified atom stereocenters. The first-order valence-electron chi connectivity index (χ1n) is 8.75. The fourth-order valence-corrected chi connectivity index (χ4v) is 4.28. The van der Waals surface area contributed by atoms with Gasteiger partial charge in [-0.2, -0.15) is 0 Å². The number of aryl methyl sites for hydroxylation is 1. The van der Waals surface area contributed by atoms with E-state index in [1.54, 1.807) is 6.20 Å². The molecule has 0 bridgehead atoms. The average molecular weight is 407 g/mol. The van der Waals surface area contributed by atoms with Crippen LogP contribution in [0.1, 0.15) is 16.8 Å². The van der Waals surface area contributed by atoms with Gasteiger partial charge in [0.25, 0.3) is 0 Å². The highest BCUT2D eigenvalue weighted by molar-refractivity contribution is 8.01. The summed E-state index contributed by atoms with van der Waals surface area (Å²) < 4.78 is 0.837. The minimum Gasteiger partial charge on any atom is -0.356 e. The molecule has 0 atom stereocenters. The highest BCUT2D eigenvalue weighted by Crippen LogP contribution is 2.34. The smallest absolute Gasteiger partial charge is 0.206 e. The maximum absolute atomic E-state index is 4.71. The lowest BCUT2D eigenvalue weighted by atomic mass is 10.2. The number of benzene rings is 1. The molecule has 3 heterocycles. The van der Waals surface area contributed by atoms with E-state index >= 15 is 0 Å². The molecule has 6 nitrogen and oxygen atoms in total. The summed E-state index contributed by atoms with van der Waals surface area (Å²) in [5, 5.41) is 13.5. The largest absolute Gasteiger partial charge is 0.356 e. The van der Waals surface area contributed by atoms with E-state index in [1.807, 2.05) is 50.2 Å². The Bertz CT molecular complexity index is 1070. The summed E-state index contributed by atoms with van der Waals surface area (Å²) in [7, 11) is 0. The van der Waals surface area contributed by atoms with Crippen LogP contribution in [0.5, 0.6) is 0 Å². The van der Waals surface area contributed by atoms with Crippen LogP contribution in [-0.2, 0) is 6.54 Å². The molecular formula is C20H18N6S2. The van der Waals surface area contributed by atoms with Crippen LogP contribution in [0.2, 0.25) is 0 Å². The Morgan fingerprint density at radius 3 is 2.57 bits per heavy atom. The summed E-state index contributed by atoms with van der Waals surface area (Å²) in [6, 6.07) is 15.9. The van der Waals surface area contributed by atoms with Crippen molar-refractivity contribution in [1.29, 1.82) is 0 Å². The molecule has 4 rings (SSSR count). The molecule has 0 radical (unpaired) electrons. The van der Waals surface area contributed by atoms with Gasteiger partial charge in [0.15, 0.2) is 10.2 Å². The molecule has 0 saturated carbocycles. The van der Waals surface area contributed by atoms with E-state index in [0.29, 0.717) is 5.82 Å². The Morgan fingerprint density at radius 1 is 0.964 bits per heavy atom. The second-order valence-electron chi connectivity index (χ2n) is 6.09. The topological polar surface area (TPSA) is 76.5 Å². The monoisotopic (exact) mass is 406 g/mol. The predicted octanol–water partition coefficient (Wildman–Crippen LogP) is 4.77. The number of nitrogens with one attached hydrogen (secondary N) is 1. The fourth-order valence-electron chi connectivity index (χ4n) is 2.49. The molecule has 0 aliphatic heterocycles. The van der Waals surface area contributed by atoms with Crippen LogP contribution in [0.3, 0.4) is 0 Å². The standard InChI is InChI=1S/C20H18N6S2/c1-13-14(2)23-17(16-10-6-7-11-21-16)24-18(13)27-20-26-25-19(28-20)22-12-15-8-4-3-5-9-15/h3-11H,12H2,1-2H3,(H,22,25). The molecule has 0 saturated heterocycles. The zero-order valence-corrected chi connectivity index (χ0v) is 17.1. The molecule has 4 aromatic rings. The zero-order valence-electron chi connectivity index (χ0n) is 15.5. The van der Waals surface area contributed by atoms with Gasteiger partial charge in [0.2, 0.25) is 5.13 Å². The first-order chi connectivity index (χ1) is 13.7. The second kappa shape index (κ2) is 8.45. The van der Waals surface area contributed by atoms with Gasteiger partial charge in [-0.3, -0.25) is 4.98 Å². The van der Waals surface area contributed by atoms with Crippen LogP contribution in [0.25, 0.3) is 11.5 Å². The van der Waals surface area contributed by atoms with Gasteiger partial charge >= 0.3 is 0 Å². The minimum absolute atomic E-state index is 0.623. The third kappa shape index (κ3) is 4.35. The van der Waals surface area contributed by atoms with Crippen LogP contribution >= 0.6 is 23.1 Å². The molecule has 0 fully saturated rings. The van der Waals surface area contributed by atoms with Crippen molar-refractivity contribution in [3.63, 3.8) is 0 Å². The Labute approximate surface area is 171 Å². The van der Waals surface area contributed by atoms with E-state index in [2.05, 4.69) is 37.6 Å². The van der Waals surface area contributed by atoms with Crippen LogP contribution in [0.15, 0.2) is 64.1 Å². The van der Waals surface area contributed by atoms with Crippen molar-refractivity contribution in [2.45, 2.75) is 29.8 Å². The Balaban J connectivity index is 1.51. The molecule has 0 aliphatic rings. The second-order valence-corrected chi connectivity index (χ2v) is 8.31. The van der Waals surface area contributed by atoms with Gasteiger partial charge in [-0.05, 0) is 43.3 Å². The van der Waals surface area contributed by atoms with Crippen molar-refractivity contribution in [2.75, 3.05) is 5.32 Å². The van der Waals surface area contributed by atoms with E-state index in [4.69, 9.17) is 4.98 Å². The summed E-state index contributed by atoms with van der Waals surface area (Å²) in [5.41, 5.74) is 3.94. The third-order valence-corrected chi connectivity index (χ3v) is 6.14. The molecule has 1 aromatic carbocycles. The molecule has 0 amide bonds. The Kier molecular flexibility index (Phi) is 5.59. The number of rotatable bonds is 6. The summed E-state index contributed by atoms with van der Waals surface area (Å²) in [6.07, 6.45) is 1.75. The number of anilines is 1. The lowest BCUT2D eigenvalue weighted by molar-refractivity contribution is 0.954. The molecule has 0 aliphatic carbocycles. The summed E-state index contributed by atoms with van der Waals surface area (Å²) in [5.74, 6) is 0.623. The summed E-state index contributed by atoms with van der Waals surface area (Å²) in [6.45, 7) is 4.73. The van der Waals surface area contributed by atoms with Crippen molar-refractivity contribution in [3.05, 3.63) is 71.5 Å². The first kappa shape index (κ1) is 18.5. The average Bonchev–Trinajstić information content (AvgIpc) is 3.18. The quantitative estimate of drug-likeness (QED) is 0.462. The number of pyridine rings is 1. The third-order valence-electron chi connectivity index (χ3n) is 4.12. The van der Waals surface area contributed by atoms with E-state index in [0.717, 1.165) is 38.0 Å². The van der Waals surface area contributed by atoms with Crippen LogP contribution < -0.4 is 5.32 Å². The predicted molar refractivity (Wildman–Crippen MR) is 113 cm³/mol. The van der Waals surface area contributed by atoms with Crippen molar-refractivity contribution in [1.82, 2.24) is 25.1 Å².